The van der Waals surface area contributed by atoms with Crippen LogP contribution in [-0.2, 0) is 12.8 Å². The molecule has 114 valence electrons. The summed E-state index contributed by atoms with van der Waals surface area (Å²) in [4.78, 5) is 15.8. The highest BCUT2D eigenvalue weighted by molar-refractivity contribution is 5.94. The first-order valence-electron chi connectivity index (χ1n) is 6.53. The molecule has 0 fully saturated rings. The molecule has 1 aromatic heterocycles. The van der Waals surface area contributed by atoms with Crippen LogP contribution in [0.3, 0.4) is 0 Å². The smallest absolute Gasteiger partial charge is 0.335 e. The van der Waals surface area contributed by atoms with E-state index in [1.54, 1.807) is 12.1 Å². The third-order valence-corrected chi connectivity index (χ3v) is 3.79. The van der Waals surface area contributed by atoms with E-state index in [2.05, 4.69) is 12.2 Å². The Labute approximate surface area is 135 Å². The largest absolute Gasteiger partial charge is 0.478 e. The van der Waals surface area contributed by atoms with Crippen molar-refractivity contribution in [2.45, 2.75) is 19.8 Å². The fraction of sp³-hybridized carbons (Fsp3) is 0.333. The second-order valence-corrected chi connectivity index (χ2v) is 4.95. The van der Waals surface area contributed by atoms with Crippen LogP contribution in [0.25, 0.3) is 10.9 Å². The van der Waals surface area contributed by atoms with Gasteiger partial charge in [0.05, 0.1) is 11.1 Å². The maximum Gasteiger partial charge on any atom is 0.335 e. The van der Waals surface area contributed by atoms with E-state index in [4.69, 9.17) is 10.1 Å². The van der Waals surface area contributed by atoms with Crippen LogP contribution in [0.2, 0.25) is 0 Å². The number of aryl methyl sites for hydroxylation is 1. The number of nitrogens with zero attached hydrogens (tertiary/aromatic N) is 1. The second kappa shape index (κ2) is 7.07. The highest BCUT2D eigenvalue weighted by Gasteiger charge is 2.15. The third-order valence-electron chi connectivity index (χ3n) is 3.79. The normalized spacial score (nSPS) is 13.6. The van der Waals surface area contributed by atoms with E-state index in [9.17, 15) is 4.79 Å². The molecule has 0 aliphatic carbocycles. The SMILES string of the molecule is Cc1c2c(nc3ccc(C(=O)O)cc13)CCNCC2.Cl.Cl. The van der Waals surface area contributed by atoms with Crippen LogP contribution in [0, 0.1) is 6.92 Å². The van der Waals surface area contributed by atoms with Gasteiger partial charge in [0.15, 0.2) is 0 Å². The van der Waals surface area contributed by atoms with Gasteiger partial charge in [-0.25, -0.2) is 4.79 Å². The number of aromatic nitrogens is 1. The topological polar surface area (TPSA) is 62.2 Å². The Morgan fingerprint density at radius 2 is 1.95 bits per heavy atom. The molecule has 3 rings (SSSR count). The Bertz CT molecular complexity index is 674. The number of aromatic carboxylic acids is 1. The molecule has 0 atom stereocenters. The van der Waals surface area contributed by atoms with Gasteiger partial charge in [-0.2, -0.15) is 0 Å². The minimum absolute atomic E-state index is 0. The number of rotatable bonds is 1. The second-order valence-electron chi connectivity index (χ2n) is 4.95. The van der Waals surface area contributed by atoms with Crippen molar-refractivity contribution in [3.8, 4) is 0 Å². The van der Waals surface area contributed by atoms with Gasteiger partial charge in [0.1, 0.15) is 0 Å². The molecule has 0 spiro atoms. The van der Waals surface area contributed by atoms with Crippen LogP contribution < -0.4 is 5.32 Å². The highest BCUT2D eigenvalue weighted by Crippen LogP contribution is 2.25. The monoisotopic (exact) mass is 328 g/mol. The van der Waals surface area contributed by atoms with E-state index in [0.29, 0.717) is 5.56 Å². The minimum atomic E-state index is -0.891. The number of carbonyl (C=O) groups is 1. The van der Waals surface area contributed by atoms with Crippen molar-refractivity contribution in [1.82, 2.24) is 10.3 Å². The lowest BCUT2D eigenvalue weighted by molar-refractivity contribution is 0.0697. The van der Waals surface area contributed by atoms with Gasteiger partial charge in [-0.15, -0.1) is 24.8 Å². The van der Waals surface area contributed by atoms with Gasteiger partial charge < -0.3 is 10.4 Å². The maximum atomic E-state index is 11.1. The summed E-state index contributed by atoms with van der Waals surface area (Å²) in [5.74, 6) is -0.891. The Balaban J connectivity index is 0.00000110. The van der Waals surface area contributed by atoms with E-state index in [1.165, 1.54) is 11.1 Å². The lowest BCUT2D eigenvalue weighted by Crippen LogP contribution is -2.16. The van der Waals surface area contributed by atoms with Crippen LogP contribution in [0.5, 0.6) is 0 Å². The minimum Gasteiger partial charge on any atom is -0.478 e. The number of benzene rings is 1. The van der Waals surface area contributed by atoms with E-state index < -0.39 is 5.97 Å². The molecule has 2 N–H and O–H groups in total. The van der Waals surface area contributed by atoms with Crippen molar-refractivity contribution in [3.05, 3.63) is 40.6 Å². The quantitative estimate of drug-likeness (QED) is 0.845. The number of hydrogen-bond acceptors (Lipinski definition) is 3. The molecular formula is C15H18Cl2N2O2. The van der Waals surface area contributed by atoms with Crippen LogP contribution in [0.15, 0.2) is 18.2 Å². The number of carboxylic acid groups (broad SMARTS) is 1. The zero-order valence-electron chi connectivity index (χ0n) is 11.7. The van der Waals surface area contributed by atoms with Gasteiger partial charge in [-0.3, -0.25) is 4.98 Å². The molecule has 1 aromatic carbocycles. The number of hydrogen-bond donors (Lipinski definition) is 2. The number of carboxylic acids is 1. The van der Waals surface area contributed by atoms with Crippen LogP contribution in [0.1, 0.15) is 27.2 Å². The summed E-state index contributed by atoms with van der Waals surface area (Å²) in [6, 6.07) is 5.17. The van der Waals surface area contributed by atoms with E-state index in [1.807, 2.05) is 6.07 Å². The Hall–Kier alpha value is -1.36. The molecule has 4 nitrogen and oxygen atoms in total. The molecule has 1 aliphatic heterocycles. The fourth-order valence-corrected chi connectivity index (χ4v) is 2.74. The molecule has 2 aromatic rings. The first-order chi connectivity index (χ1) is 9.16. The number of pyridine rings is 1. The molecule has 21 heavy (non-hydrogen) atoms. The van der Waals surface area contributed by atoms with Crippen molar-refractivity contribution in [2.75, 3.05) is 13.1 Å². The third kappa shape index (κ3) is 3.28. The Morgan fingerprint density at radius 1 is 1.24 bits per heavy atom. The van der Waals surface area contributed by atoms with Gasteiger partial charge in [-0.1, -0.05) is 0 Å². The van der Waals surface area contributed by atoms with E-state index >= 15 is 0 Å². The first kappa shape index (κ1) is 17.7. The summed E-state index contributed by atoms with van der Waals surface area (Å²) in [7, 11) is 0. The van der Waals surface area contributed by atoms with Crippen molar-refractivity contribution in [3.63, 3.8) is 0 Å². The van der Waals surface area contributed by atoms with Gasteiger partial charge in [0.25, 0.3) is 0 Å². The molecule has 0 bridgehead atoms. The zero-order chi connectivity index (χ0) is 13.4. The van der Waals surface area contributed by atoms with Gasteiger partial charge in [-0.05, 0) is 49.2 Å². The van der Waals surface area contributed by atoms with Crippen LogP contribution >= 0.6 is 24.8 Å². The van der Waals surface area contributed by atoms with E-state index in [-0.39, 0.29) is 24.8 Å². The van der Waals surface area contributed by atoms with E-state index in [0.717, 1.165) is 42.5 Å². The zero-order valence-corrected chi connectivity index (χ0v) is 13.3. The number of nitrogens with one attached hydrogen (secondary N) is 1. The van der Waals surface area contributed by atoms with Crippen molar-refractivity contribution in [1.29, 1.82) is 0 Å². The lowest BCUT2D eigenvalue weighted by Gasteiger charge is -2.12. The summed E-state index contributed by atoms with van der Waals surface area (Å²) >= 11 is 0. The van der Waals surface area contributed by atoms with Crippen LogP contribution in [-0.4, -0.2) is 29.1 Å². The molecule has 0 saturated heterocycles. The summed E-state index contributed by atoms with van der Waals surface area (Å²) < 4.78 is 0. The summed E-state index contributed by atoms with van der Waals surface area (Å²) in [6.07, 6.45) is 1.90. The number of fused-ring (bicyclic) bond motifs is 2. The standard InChI is InChI=1S/C15H16N2O2.2ClH/c1-9-11-4-6-16-7-5-14(11)17-13-3-2-10(15(18)19)8-12(9)13;;/h2-3,8,16H,4-7H2,1H3,(H,18,19);2*1H. The molecule has 0 unspecified atom stereocenters. The molecule has 0 saturated carbocycles. The lowest BCUT2D eigenvalue weighted by atomic mass is 9.97. The van der Waals surface area contributed by atoms with Gasteiger partial charge in [0.2, 0.25) is 0 Å². The molecule has 1 aliphatic rings. The number of halogens is 2. The average molecular weight is 329 g/mol. The first-order valence-corrected chi connectivity index (χ1v) is 6.53. The van der Waals surface area contributed by atoms with Gasteiger partial charge in [0, 0.05) is 24.0 Å². The Kier molecular flexibility index (Phi) is 5.96. The molecule has 0 amide bonds. The summed E-state index contributed by atoms with van der Waals surface area (Å²) in [6.45, 7) is 3.98. The molecule has 2 heterocycles. The predicted molar refractivity (Wildman–Crippen MR) is 88.2 cm³/mol. The summed E-state index contributed by atoms with van der Waals surface area (Å²) in [5.41, 5.74) is 4.82. The van der Waals surface area contributed by atoms with Crippen molar-refractivity contribution >= 4 is 41.7 Å². The molecule has 0 radical (unpaired) electrons. The van der Waals surface area contributed by atoms with Crippen LogP contribution in [0.4, 0.5) is 0 Å². The maximum absolute atomic E-state index is 11.1. The van der Waals surface area contributed by atoms with Crippen molar-refractivity contribution < 1.29 is 9.90 Å². The average Bonchev–Trinajstić information content (AvgIpc) is 2.64. The molecular weight excluding hydrogens is 311 g/mol. The predicted octanol–water partition coefficient (Wildman–Crippen LogP) is 2.77. The van der Waals surface area contributed by atoms with Crippen molar-refractivity contribution in [2.24, 2.45) is 0 Å². The molecule has 6 heteroatoms. The highest BCUT2D eigenvalue weighted by atomic mass is 35.5. The Morgan fingerprint density at radius 3 is 2.67 bits per heavy atom. The summed E-state index contributed by atoms with van der Waals surface area (Å²) in [5, 5.41) is 13.4. The fourth-order valence-electron chi connectivity index (χ4n) is 2.74. The van der Waals surface area contributed by atoms with Gasteiger partial charge >= 0.3 is 5.97 Å².